The molecule has 5 heteroatoms. The maximum absolute atomic E-state index is 12.9. The largest absolute Gasteiger partial charge is 0.494 e. The Morgan fingerprint density at radius 1 is 1.19 bits per heavy atom. The van der Waals surface area contributed by atoms with Crippen LogP contribution in [0.4, 0.5) is 4.39 Å². The van der Waals surface area contributed by atoms with Gasteiger partial charge in [0.2, 0.25) is 0 Å². The molecule has 3 aromatic rings. The van der Waals surface area contributed by atoms with E-state index in [9.17, 15) is 4.39 Å². The molecule has 0 radical (unpaired) electrons. The van der Waals surface area contributed by atoms with Crippen molar-refractivity contribution in [1.82, 2.24) is 15.2 Å². The van der Waals surface area contributed by atoms with Crippen molar-refractivity contribution in [3.8, 4) is 17.0 Å². The maximum atomic E-state index is 12.9. The minimum atomic E-state index is -0.231. The molecule has 0 unspecified atom stereocenters. The highest BCUT2D eigenvalue weighted by Crippen LogP contribution is 2.27. The first-order chi connectivity index (χ1) is 10.3. The zero-order valence-electron chi connectivity index (χ0n) is 11.5. The predicted molar refractivity (Wildman–Crippen MR) is 77.6 cm³/mol. The number of hydrogen-bond acceptors (Lipinski definition) is 3. The molecule has 0 atom stereocenters. The molecule has 0 saturated heterocycles. The molecule has 0 fully saturated rings. The van der Waals surface area contributed by atoms with Crippen molar-refractivity contribution in [3.63, 3.8) is 0 Å². The molecular weight excluding hydrogens is 269 g/mol. The zero-order chi connectivity index (χ0) is 14.7. The number of rotatable bonds is 4. The summed E-state index contributed by atoms with van der Waals surface area (Å²) < 4.78 is 18.2. The van der Waals surface area contributed by atoms with Crippen LogP contribution >= 0.6 is 0 Å². The van der Waals surface area contributed by atoms with E-state index in [0.29, 0.717) is 12.2 Å². The Labute approximate surface area is 121 Å². The van der Waals surface area contributed by atoms with Crippen LogP contribution in [0.2, 0.25) is 0 Å². The van der Waals surface area contributed by atoms with Crippen molar-refractivity contribution >= 4 is 0 Å². The summed E-state index contributed by atoms with van der Waals surface area (Å²) in [7, 11) is 1.60. The number of methoxy groups -OCH3 is 1. The highest BCUT2D eigenvalue weighted by molar-refractivity contribution is 5.66. The standard InChI is InChI=1S/C16H14FN3O/c1-21-16-10-18-7-6-14(16)15-9-13(19-20-15)8-11-2-4-12(17)5-3-11/h2-7,9-10H,8H2,1H3,(H,19,20). The molecule has 2 heterocycles. The third kappa shape index (κ3) is 2.91. The quantitative estimate of drug-likeness (QED) is 0.800. The fourth-order valence-electron chi connectivity index (χ4n) is 2.17. The van der Waals surface area contributed by atoms with Crippen LogP contribution in [0, 0.1) is 5.82 Å². The molecule has 4 nitrogen and oxygen atoms in total. The van der Waals surface area contributed by atoms with E-state index in [2.05, 4.69) is 15.2 Å². The number of aromatic nitrogens is 3. The topological polar surface area (TPSA) is 50.8 Å². The zero-order valence-corrected chi connectivity index (χ0v) is 11.5. The van der Waals surface area contributed by atoms with Crippen LogP contribution in [0.5, 0.6) is 5.75 Å². The van der Waals surface area contributed by atoms with E-state index in [0.717, 1.165) is 22.5 Å². The monoisotopic (exact) mass is 283 g/mol. The SMILES string of the molecule is COc1cnccc1-c1cc(Cc2ccc(F)cc2)[nH]n1. The van der Waals surface area contributed by atoms with Gasteiger partial charge < -0.3 is 4.74 Å². The second-order valence-corrected chi connectivity index (χ2v) is 4.66. The number of nitrogens with zero attached hydrogens (tertiary/aromatic N) is 2. The van der Waals surface area contributed by atoms with E-state index >= 15 is 0 Å². The second kappa shape index (κ2) is 5.75. The average molecular weight is 283 g/mol. The number of ether oxygens (including phenoxy) is 1. The molecule has 0 saturated carbocycles. The van der Waals surface area contributed by atoms with Gasteiger partial charge in [0.15, 0.2) is 0 Å². The van der Waals surface area contributed by atoms with E-state index in [1.54, 1.807) is 31.6 Å². The minimum absolute atomic E-state index is 0.231. The Balaban J connectivity index is 1.84. The van der Waals surface area contributed by atoms with Crippen LogP contribution in [0.1, 0.15) is 11.3 Å². The molecule has 0 aliphatic carbocycles. The lowest BCUT2D eigenvalue weighted by Gasteiger charge is -2.03. The fourth-order valence-corrected chi connectivity index (χ4v) is 2.17. The Morgan fingerprint density at radius 2 is 2.00 bits per heavy atom. The number of nitrogens with one attached hydrogen (secondary N) is 1. The Bertz CT molecular complexity index is 737. The molecule has 21 heavy (non-hydrogen) atoms. The summed E-state index contributed by atoms with van der Waals surface area (Å²) in [6, 6.07) is 10.3. The van der Waals surface area contributed by atoms with E-state index in [4.69, 9.17) is 4.74 Å². The van der Waals surface area contributed by atoms with Crippen molar-refractivity contribution < 1.29 is 9.13 Å². The lowest BCUT2D eigenvalue weighted by molar-refractivity contribution is 0.414. The molecule has 106 valence electrons. The van der Waals surface area contributed by atoms with E-state index in [-0.39, 0.29) is 5.82 Å². The van der Waals surface area contributed by atoms with Crippen molar-refractivity contribution in [3.05, 3.63) is 65.9 Å². The van der Waals surface area contributed by atoms with Gasteiger partial charge in [0, 0.05) is 23.9 Å². The maximum Gasteiger partial charge on any atom is 0.146 e. The number of hydrogen-bond donors (Lipinski definition) is 1. The van der Waals surface area contributed by atoms with Gasteiger partial charge in [-0.2, -0.15) is 5.10 Å². The summed E-state index contributed by atoms with van der Waals surface area (Å²) in [5, 5.41) is 7.30. The third-order valence-corrected chi connectivity index (χ3v) is 3.22. The predicted octanol–water partition coefficient (Wildman–Crippen LogP) is 3.21. The summed E-state index contributed by atoms with van der Waals surface area (Å²) in [5.41, 5.74) is 3.66. The van der Waals surface area contributed by atoms with E-state index < -0.39 is 0 Å². The van der Waals surface area contributed by atoms with Gasteiger partial charge in [0.1, 0.15) is 11.6 Å². The van der Waals surface area contributed by atoms with E-state index in [1.165, 1.54) is 12.1 Å². The van der Waals surface area contributed by atoms with Crippen molar-refractivity contribution in [1.29, 1.82) is 0 Å². The molecule has 0 spiro atoms. The van der Waals surface area contributed by atoms with Crippen molar-refractivity contribution in [2.45, 2.75) is 6.42 Å². The molecule has 2 aromatic heterocycles. The van der Waals surface area contributed by atoms with Gasteiger partial charge >= 0.3 is 0 Å². The van der Waals surface area contributed by atoms with Crippen LogP contribution in [-0.2, 0) is 6.42 Å². The van der Waals surface area contributed by atoms with Gasteiger partial charge in [-0.15, -0.1) is 0 Å². The Morgan fingerprint density at radius 3 is 2.76 bits per heavy atom. The first-order valence-electron chi connectivity index (χ1n) is 6.53. The molecular formula is C16H14FN3O. The molecule has 0 amide bonds. The summed E-state index contributed by atoms with van der Waals surface area (Å²) in [4.78, 5) is 4.03. The number of pyridine rings is 1. The first kappa shape index (κ1) is 13.3. The van der Waals surface area contributed by atoms with Crippen molar-refractivity contribution in [2.24, 2.45) is 0 Å². The van der Waals surface area contributed by atoms with Crippen LogP contribution in [0.3, 0.4) is 0 Å². The Hall–Kier alpha value is -2.69. The molecule has 1 N–H and O–H groups in total. The average Bonchev–Trinajstić information content (AvgIpc) is 2.98. The molecule has 3 rings (SSSR count). The molecule has 1 aromatic carbocycles. The van der Waals surface area contributed by atoms with Crippen LogP contribution in [-0.4, -0.2) is 22.3 Å². The number of halogens is 1. The van der Waals surface area contributed by atoms with Gasteiger partial charge in [0.05, 0.1) is 19.0 Å². The normalized spacial score (nSPS) is 10.6. The molecule has 0 bridgehead atoms. The third-order valence-electron chi connectivity index (χ3n) is 3.22. The summed E-state index contributed by atoms with van der Waals surface area (Å²) in [6.07, 6.45) is 4.02. The van der Waals surface area contributed by atoms with Crippen LogP contribution < -0.4 is 4.74 Å². The smallest absolute Gasteiger partial charge is 0.146 e. The highest BCUT2D eigenvalue weighted by Gasteiger charge is 2.09. The van der Waals surface area contributed by atoms with E-state index in [1.807, 2.05) is 12.1 Å². The van der Waals surface area contributed by atoms with Crippen molar-refractivity contribution in [2.75, 3.05) is 7.11 Å². The Kier molecular flexibility index (Phi) is 3.64. The lowest BCUT2D eigenvalue weighted by atomic mass is 10.1. The van der Waals surface area contributed by atoms with Gasteiger partial charge in [-0.1, -0.05) is 12.1 Å². The summed E-state index contributed by atoms with van der Waals surface area (Å²) in [5.74, 6) is 0.447. The summed E-state index contributed by atoms with van der Waals surface area (Å²) in [6.45, 7) is 0. The molecule has 0 aliphatic heterocycles. The molecule has 0 aliphatic rings. The highest BCUT2D eigenvalue weighted by atomic mass is 19.1. The fraction of sp³-hybridized carbons (Fsp3) is 0.125. The number of H-pyrrole nitrogens is 1. The van der Waals surface area contributed by atoms with Crippen LogP contribution in [0.25, 0.3) is 11.3 Å². The number of benzene rings is 1. The number of aromatic amines is 1. The lowest BCUT2D eigenvalue weighted by Crippen LogP contribution is -1.88. The second-order valence-electron chi connectivity index (χ2n) is 4.66. The summed E-state index contributed by atoms with van der Waals surface area (Å²) >= 11 is 0. The van der Waals surface area contributed by atoms with Gasteiger partial charge in [0.25, 0.3) is 0 Å². The van der Waals surface area contributed by atoms with Crippen LogP contribution in [0.15, 0.2) is 48.8 Å². The van der Waals surface area contributed by atoms with Gasteiger partial charge in [-0.25, -0.2) is 4.39 Å². The minimum Gasteiger partial charge on any atom is -0.494 e. The van der Waals surface area contributed by atoms with Gasteiger partial charge in [-0.05, 0) is 29.8 Å². The van der Waals surface area contributed by atoms with Gasteiger partial charge in [-0.3, -0.25) is 10.1 Å². The first-order valence-corrected chi connectivity index (χ1v) is 6.53.